The van der Waals surface area contributed by atoms with Crippen LogP contribution in [0.1, 0.15) is 40.1 Å². The zero-order valence-electron chi connectivity index (χ0n) is 14.9. The second kappa shape index (κ2) is 5.76. The van der Waals surface area contributed by atoms with Crippen LogP contribution in [-0.2, 0) is 6.54 Å². The fraction of sp³-hybridized carbons (Fsp3) is 0.400. The summed E-state index contributed by atoms with van der Waals surface area (Å²) in [6.07, 6.45) is 5.99. The summed E-state index contributed by atoms with van der Waals surface area (Å²) in [7, 11) is 0. The van der Waals surface area contributed by atoms with Crippen molar-refractivity contribution >= 4 is 16.9 Å². The first kappa shape index (κ1) is 15.9. The molecule has 4 rings (SSSR count). The Hall–Kier alpha value is -2.56. The van der Waals surface area contributed by atoms with Crippen molar-refractivity contribution in [2.75, 3.05) is 6.54 Å². The molecule has 1 aliphatic carbocycles. The van der Waals surface area contributed by atoms with E-state index in [-0.39, 0.29) is 11.3 Å². The van der Waals surface area contributed by atoms with Gasteiger partial charge in [0, 0.05) is 41.8 Å². The number of furan rings is 1. The summed E-state index contributed by atoms with van der Waals surface area (Å²) in [5.74, 6) is 0.302. The third-order valence-corrected chi connectivity index (χ3v) is 5.47. The summed E-state index contributed by atoms with van der Waals surface area (Å²) < 4.78 is 7.88. The van der Waals surface area contributed by atoms with Crippen LogP contribution in [0, 0.1) is 26.2 Å². The molecule has 130 valence electrons. The fourth-order valence-electron chi connectivity index (χ4n) is 3.39. The van der Waals surface area contributed by atoms with E-state index < -0.39 is 0 Å². The number of rotatable bonds is 5. The molecule has 1 aliphatic rings. The highest BCUT2D eigenvalue weighted by atomic mass is 16.3. The van der Waals surface area contributed by atoms with Crippen LogP contribution in [0.2, 0.25) is 0 Å². The average Bonchev–Trinajstić information content (AvgIpc) is 3.00. The molecule has 3 aromatic rings. The lowest BCUT2D eigenvalue weighted by Gasteiger charge is -2.15. The van der Waals surface area contributed by atoms with Gasteiger partial charge >= 0.3 is 0 Å². The molecule has 0 spiro atoms. The summed E-state index contributed by atoms with van der Waals surface area (Å²) in [6.45, 7) is 7.54. The van der Waals surface area contributed by atoms with E-state index in [0.717, 1.165) is 41.5 Å². The van der Waals surface area contributed by atoms with E-state index in [2.05, 4.69) is 23.4 Å². The maximum absolute atomic E-state index is 12.7. The van der Waals surface area contributed by atoms with Crippen LogP contribution in [0.3, 0.4) is 0 Å². The van der Waals surface area contributed by atoms with Crippen molar-refractivity contribution in [1.29, 1.82) is 0 Å². The largest absolute Gasteiger partial charge is 0.450 e. The number of nitrogens with one attached hydrogen (secondary N) is 1. The maximum Gasteiger partial charge on any atom is 0.287 e. The van der Waals surface area contributed by atoms with Crippen molar-refractivity contribution in [3.8, 4) is 0 Å². The van der Waals surface area contributed by atoms with Gasteiger partial charge in [0.15, 0.2) is 5.76 Å². The van der Waals surface area contributed by atoms with Gasteiger partial charge in [-0.15, -0.1) is 0 Å². The predicted molar refractivity (Wildman–Crippen MR) is 96.7 cm³/mol. The molecule has 0 saturated heterocycles. The number of fused-ring (bicyclic) bond motifs is 1. The second-order valence-electron chi connectivity index (χ2n) is 7.33. The molecule has 0 atom stereocenters. The fourth-order valence-corrected chi connectivity index (χ4v) is 3.39. The first-order valence-electron chi connectivity index (χ1n) is 8.74. The van der Waals surface area contributed by atoms with Crippen molar-refractivity contribution in [2.24, 2.45) is 5.41 Å². The molecule has 1 amide bonds. The number of carbonyl (C=O) groups excluding carboxylic acids is 1. The number of nitrogens with zero attached hydrogens (tertiary/aromatic N) is 2. The molecular formula is C20H23N3O2. The number of aryl methyl sites for hydroxylation is 3. The topological polar surface area (TPSA) is 60.1 Å². The van der Waals surface area contributed by atoms with Crippen LogP contribution in [0.15, 0.2) is 35.0 Å². The van der Waals surface area contributed by atoms with Crippen molar-refractivity contribution in [1.82, 2.24) is 15.1 Å². The summed E-state index contributed by atoms with van der Waals surface area (Å²) >= 11 is 0. The number of aromatic nitrogens is 2. The minimum Gasteiger partial charge on any atom is -0.450 e. The number of carbonyl (C=O) groups is 1. The first-order chi connectivity index (χ1) is 12.0. The molecule has 0 aliphatic heterocycles. The number of amides is 1. The molecule has 1 fully saturated rings. The van der Waals surface area contributed by atoms with E-state index in [1.165, 1.54) is 5.56 Å². The third kappa shape index (κ3) is 2.84. The van der Waals surface area contributed by atoms with Gasteiger partial charge in [0.2, 0.25) is 0 Å². The summed E-state index contributed by atoms with van der Waals surface area (Å²) in [5, 5.41) is 8.37. The lowest BCUT2D eigenvalue weighted by Crippen LogP contribution is -2.32. The van der Waals surface area contributed by atoms with E-state index in [1.54, 1.807) is 6.20 Å². The minimum absolute atomic E-state index is 0.127. The Bertz CT molecular complexity index is 934. The lowest BCUT2D eigenvalue weighted by molar-refractivity contribution is 0.0916. The van der Waals surface area contributed by atoms with Gasteiger partial charge in [0.1, 0.15) is 5.58 Å². The highest BCUT2D eigenvalue weighted by Crippen LogP contribution is 2.46. The van der Waals surface area contributed by atoms with Crippen molar-refractivity contribution < 1.29 is 9.21 Å². The van der Waals surface area contributed by atoms with Crippen molar-refractivity contribution in [2.45, 2.75) is 40.2 Å². The van der Waals surface area contributed by atoms with Crippen LogP contribution in [0.25, 0.3) is 11.0 Å². The van der Waals surface area contributed by atoms with Gasteiger partial charge in [0.25, 0.3) is 5.91 Å². The molecule has 0 radical (unpaired) electrons. The highest BCUT2D eigenvalue weighted by molar-refractivity contribution is 5.99. The summed E-state index contributed by atoms with van der Waals surface area (Å²) in [5.41, 5.74) is 4.13. The first-order valence-corrected chi connectivity index (χ1v) is 8.74. The summed E-state index contributed by atoms with van der Waals surface area (Å²) in [4.78, 5) is 12.7. The SMILES string of the molecule is Cc1ccc2c(C)c(C(=O)NCC3(Cn4cccn4)CC3)oc2c1C. The van der Waals surface area contributed by atoms with Gasteiger partial charge in [-0.05, 0) is 50.8 Å². The number of hydrogen-bond acceptors (Lipinski definition) is 3. The van der Waals surface area contributed by atoms with Crippen LogP contribution < -0.4 is 5.32 Å². The Kier molecular flexibility index (Phi) is 3.67. The van der Waals surface area contributed by atoms with Gasteiger partial charge < -0.3 is 9.73 Å². The number of hydrogen-bond donors (Lipinski definition) is 1. The Morgan fingerprint density at radius 1 is 1.28 bits per heavy atom. The predicted octanol–water partition coefficient (Wildman–Crippen LogP) is 3.76. The van der Waals surface area contributed by atoms with E-state index in [0.29, 0.717) is 12.3 Å². The van der Waals surface area contributed by atoms with E-state index in [1.807, 2.05) is 36.9 Å². The van der Waals surface area contributed by atoms with Crippen molar-refractivity contribution in [3.05, 3.63) is 53.0 Å². The molecule has 1 N–H and O–H groups in total. The number of benzene rings is 1. The van der Waals surface area contributed by atoms with Crippen LogP contribution >= 0.6 is 0 Å². The maximum atomic E-state index is 12.7. The van der Waals surface area contributed by atoms with Crippen LogP contribution in [0.4, 0.5) is 0 Å². The second-order valence-corrected chi connectivity index (χ2v) is 7.33. The quantitative estimate of drug-likeness (QED) is 0.771. The monoisotopic (exact) mass is 337 g/mol. The van der Waals surface area contributed by atoms with Crippen molar-refractivity contribution in [3.63, 3.8) is 0 Å². The Labute approximate surface area is 147 Å². The minimum atomic E-state index is -0.127. The molecule has 0 unspecified atom stereocenters. The third-order valence-electron chi connectivity index (χ3n) is 5.47. The van der Waals surface area contributed by atoms with Gasteiger partial charge in [-0.2, -0.15) is 5.10 Å². The zero-order valence-corrected chi connectivity index (χ0v) is 14.9. The Morgan fingerprint density at radius 2 is 2.08 bits per heavy atom. The molecule has 0 bridgehead atoms. The molecule has 1 aromatic carbocycles. The molecule has 2 heterocycles. The van der Waals surface area contributed by atoms with Gasteiger partial charge in [-0.1, -0.05) is 12.1 Å². The van der Waals surface area contributed by atoms with Crippen LogP contribution in [0.5, 0.6) is 0 Å². The lowest BCUT2D eigenvalue weighted by atomic mass is 10.0. The molecule has 1 saturated carbocycles. The molecule has 25 heavy (non-hydrogen) atoms. The Balaban J connectivity index is 1.51. The average molecular weight is 337 g/mol. The zero-order chi connectivity index (χ0) is 17.6. The standard InChI is InChI=1S/C20H23N3O2/c1-13-5-6-16-15(3)18(25-17(16)14(13)2)19(24)21-11-20(7-8-20)12-23-10-4-9-22-23/h4-6,9-10H,7-8,11-12H2,1-3H3,(H,21,24). The normalized spacial score (nSPS) is 15.5. The van der Waals surface area contributed by atoms with Gasteiger partial charge in [0.05, 0.1) is 0 Å². The molecular weight excluding hydrogens is 314 g/mol. The van der Waals surface area contributed by atoms with E-state index in [9.17, 15) is 4.79 Å². The van der Waals surface area contributed by atoms with Crippen LogP contribution in [-0.4, -0.2) is 22.2 Å². The molecule has 5 heteroatoms. The van der Waals surface area contributed by atoms with E-state index >= 15 is 0 Å². The Morgan fingerprint density at radius 3 is 2.76 bits per heavy atom. The highest BCUT2D eigenvalue weighted by Gasteiger charge is 2.43. The molecule has 2 aromatic heterocycles. The van der Waals surface area contributed by atoms with Gasteiger partial charge in [-0.25, -0.2) is 0 Å². The molecule has 5 nitrogen and oxygen atoms in total. The smallest absolute Gasteiger partial charge is 0.287 e. The van der Waals surface area contributed by atoms with E-state index in [4.69, 9.17) is 4.42 Å². The van der Waals surface area contributed by atoms with Gasteiger partial charge in [-0.3, -0.25) is 9.48 Å². The summed E-state index contributed by atoms with van der Waals surface area (Å²) in [6, 6.07) is 6.04.